The summed E-state index contributed by atoms with van der Waals surface area (Å²) >= 11 is 1.64. The number of thiophene rings is 1. The van der Waals surface area contributed by atoms with Gasteiger partial charge in [0, 0.05) is 24.0 Å². The average molecular weight is 287 g/mol. The molecular formula is C14H13N3O2S. The van der Waals surface area contributed by atoms with E-state index in [0.29, 0.717) is 30.7 Å². The Bertz CT molecular complexity index is 634. The summed E-state index contributed by atoms with van der Waals surface area (Å²) in [5.41, 5.74) is 0.331. The highest BCUT2D eigenvalue weighted by Crippen LogP contribution is 2.24. The average Bonchev–Trinajstić information content (AvgIpc) is 3.15. The number of oxazole rings is 1. The van der Waals surface area contributed by atoms with Gasteiger partial charge in [0.2, 0.25) is 17.5 Å². The summed E-state index contributed by atoms with van der Waals surface area (Å²) in [6, 6.07) is 6.09. The van der Waals surface area contributed by atoms with Gasteiger partial charge >= 0.3 is 0 Å². The highest BCUT2D eigenvalue weighted by molar-refractivity contribution is 7.10. The Hall–Kier alpha value is -2.10. The molecule has 1 saturated heterocycles. The molecule has 0 radical (unpaired) electrons. The molecule has 20 heavy (non-hydrogen) atoms. The number of nitriles is 1. The Morgan fingerprint density at radius 2 is 2.20 bits per heavy atom. The number of hydrogen-bond donors (Lipinski definition) is 0. The number of ether oxygens (including phenoxy) is 1. The van der Waals surface area contributed by atoms with E-state index in [1.807, 2.05) is 28.5 Å². The summed E-state index contributed by atoms with van der Waals surface area (Å²) in [6.07, 6.45) is 3.72. The second-order valence-corrected chi connectivity index (χ2v) is 5.25. The van der Waals surface area contributed by atoms with Crippen LogP contribution < -0.4 is 4.90 Å². The SMILES string of the molecule is N#Cc1nc(/C=C/c2cccs2)oc1N1CCOCC1. The zero-order chi connectivity index (χ0) is 13.8. The molecule has 2 aromatic heterocycles. The molecule has 5 nitrogen and oxygen atoms in total. The van der Waals surface area contributed by atoms with Gasteiger partial charge < -0.3 is 14.1 Å². The van der Waals surface area contributed by atoms with Gasteiger partial charge in [-0.25, -0.2) is 0 Å². The second kappa shape index (κ2) is 5.90. The molecule has 3 rings (SSSR count). The molecule has 2 aromatic rings. The minimum Gasteiger partial charge on any atom is -0.420 e. The summed E-state index contributed by atoms with van der Waals surface area (Å²) in [4.78, 5) is 7.33. The highest BCUT2D eigenvalue weighted by Gasteiger charge is 2.20. The van der Waals surface area contributed by atoms with Gasteiger partial charge in [-0.1, -0.05) is 6.07 Å². The molecule has 1 aliphatic rings. The molecule has 102 valence electrons. The Morgan fingerprint density at radius 1 is 1.35 bits per heavy atom. The van der Waals surface area contributed by atoms with Crippen molar-refractivity contribution in [2.75, 3.05) is 31.2 Å². The fourth-order valence-corrected chi connectivity index (χ4v) is 2.61. The third kappa shape index (κ3) is 2.74. The Labute approximate surface area is 120 Å². The van der Waals surface area contributed by atoms with Crippen molar-refractivity contribution < 1.29 is 9.15 Å². The predicted octanol–water partition coefficient (Wildman–Crippen LogP) is 2.61. The Balaban J connectivity index is 1.83. The van der Waals surface area contributed by atoms with E-state index in [1.54, 1.807) is 17.4 Å². The third-order valence-corrected chi connectivity index (χ3v) is 3.80. The molecule has 0 aliphatic carbocycles. The van der Waals surface area contributed by atoms with Crippen LogP contribution in [-0.2, 0) is 4.74 Å². The lowest BCUT2D eigenvalue weighted by atomic mass is 10.4. The van der Waals surface area contributed by atoms with Gasteiger partial charge in [0.15, 0.2) is 0 Å². The predicted molar refractivity (Wildman–Crippen MR) is 77.5 cm³/mol. The van der Waals surface area contributed by atoms with Gasteiger partial charge in [-0.2, -0.15) is 10.2 Å². The standard InChI is InChI=1S/C14H13N3O2S/c15-10-12-14(17-5-7-18-8-6-17)19-13(16-12)4-3-11-2-1-9-20-11/h1-4,9H,5-8H2/b4-3+. The number of rotatable bonds is 3. The first-order valence-electron chi connectivity index (χ1n) is 6.32. The van der Waals surface area contributed by atoms with Crippen molar-refractivity contribution in [3.8, 4) is 6.07 Å². The van der Waals surface area contributed by atoms with E-state index in [2.05, 4.69) is 11.1 Å². The molecule has 1 fully saturated rings. The summed E-state index contributed by atoms with van der Waals surface area (Å²) in [7, 11) is 0. The maximum absolute atomic E-state index is 9.16. The van der Waals surface area contributed by atoms with Crippen molar-refractivity contribution in [3.63, 3.8) is 0 Å². The van der Waals surface area contributed by atoms with Crippen LogP contribution in [0.2, 0.25) is 0 Å². The van der Waals surface area contributed by atoms with E-state index >= 15 is 0 Å². The molecule has 6 heteroatoms. The van der Waals surface area contributed by atoms with Crippen LogP contribution in [0, 0.1) is 11.3 Å². The third-order valence-electron chi connectivity index (χ3n) is 2.96. The van der Waals surface area contributed by atoms with Crippen LogP contribution in [0.15, 0.2) is 21.9 Å². The van der Waals surface area contributed by atoms with Gasteiger partial charge in [0.1, 0.15) is 6.07 Å². The molecule has 0 saturated carbocycles. The molecule has 3 heterocycles. The maximum atomic E-state index is 9.16. The van der Waals surface area contributed by atoms with Gasteiger partial charge in [-0.05, 0) is 17.5 Å². The number of aromatic nitrogens is 1. The molecule has 0 aromatic carbocycles. The normalized spacial score (nSPS) is 15.7. The topological polar surface area (TPSA) is 62.3 Å². The number of hydrogen-bond acceptors (Lipinski definition) is 6. The molecule has 0 amide bonds. The van der Waals surface area contributed by atoms with Crippen molar-refractivity contribution in [1.82, 2.24) is 4.98 Å². The van der Waals surface area contributed by atoms with Gasteiger partial charge in [-0.15, -0.1) is 11.3 Å². The maximum Gasteiger partial charge on any atom is 0.235 e. The van der Waals surface area contributed by atoms with E-state index < -0.39 is 0 Å². The molecule has 1 aliphatic heterocycles. The first-order valence-corrected chi connectivity index (χ1v) is 7.20. The lowest BCUT2D eigenvalue weighted by molar-refractivity contribution is 0.120. The van der Waals surface area contributed by atoms with Crippen LogP contribution in [0.1, 0.15) is 16.5 Å². The summed E-state index contributed by atoms with van der Waals surface area (Å²) in [5.74, 6) is 0.998. The van der Waals surface area contributed by atoms with E-state index in [4.69, 9.17) is 14.4 Å². The highest BCUT2D eigenvalue weighted by atomic mass is 32.1. The van der Waals surface area contributed by atoms with E-state index in [1.165, 1.54) is 0 Å². The molecule has 0 atom stereocenters. The Morgan fingerprint density at radius 3 is 2.90 bits per heavy atom. The molecule has 0 N–H and O–H groups in total. The van der Waals surface area contributed by atoms with Crippen LogP contribution in [0.25, 0.3) is 12.2 Å². The zero-order valence-corrected chi connectivity index (χ0v) is 11.6. The van der Waals surface area contributed by atoms with E-state index in [-0.39, 0.29) is 0 Å². The van der Waals surface area contributed by atoms with Crippen molar-refractivity contribution >= 4 is 29.4 Å². The monoisotopic (exact) mass is 287 g/mol. The minimum absolute atomic E-state index is 0.331. The zero-order valence-electron chi connectivity index (χ0n) is 10.8. The number of morpholine rings is 1. The lowest BCUT2D eigenvalue weighted by Crippen LogP contribution is -2.36. The smallest absolute Gasteiger partial charge is 0.235 e. The van der Waals surface area contributed by atoms with Gasteiger partial charge in [0.05, 0.1) is 13.2 Å². The minimum atomic E-state index is 0.331. The van der Waals surface area contributed by atoms with E-state index in [9.17, 15) is 0 Å². The summed E-state index contributed by atoms with van der Waals surface area (Å²) in [6.45, 7) is 2.73. The molecule has 0 unspecified atom stereocenters. The quantitative estimate of drug-likeness (QED) is 0.868. The van der Waals surface area contributed by atoms with Crippen LogP contribution >= 0.6 is 11.3 Å². The largest absolute Gasteiger partial charge is 0.420 e. The fraction of sp³-hybridized carbons (Fsp3) is 0.286. The van der Waals surface area contributed by atoms with Gasteiger partial charge in [0.25, 0.3) is 0 Å². The van der Waals surface area contributed by atoms with Crippen LogP contribution in [0.5, 0.6) is 0 Å². The van der Waals surface area contributed by atoms with Crippen LogP contribution in [0.4, 0.5) is 5.88 Å². The summed E-state index contributed by atoms with van der Waals surface area (Å²) in [5, 5.41) is 11.2. The van der Waals surface area contributed by atoms with Crippen molar-refractivity contribution in [3.05, 3.63) is 34.0 Å². The van der Waals surface area contributed by atoms with E-state index in [0.717, 1.165) is 18.0 Å². The van der Waals surface area contributed by atoms with Crippen LogP contribution in [-0.4, -0.2) is 31.3 Å². The van der Waals surface area contributed by atoms with Crippen molar-refractivity contribution in [2.45, 2.75) is 0 Å². The number of anilines is 1. The first kappa shape index (κ1) is 12.9. The van der Waals surface area contributed by atoms with Crippen LogP contribution in [0.3, 0.4) is 0 Å². The van der Waals surface area contributed by atoms with Gasteiger partial charge in [-0.3, -0.25) is 0 Å². The molecular weight excluding hydrogens is 274 g/mol. The van der Waals surface area contributed by atoms with Crippen molar-refractivity contribution in [2.24, 2.45) is 0 Å². The molecule has 0 spiro atoms. The molecule has 0 bridgehead atoms. The Kier molecular flexibility index (Phi) is 3.81. The fourth-order valence-electron chi connectivity index (χ4n) is 1.99. The second-order valence-electron chi connectivity index (χ2n) is 4.27. The summed E-state index contributed by atoms with van der Waals surface area (Å²) < 4.78 is 11.0. The number of nitrogens with zero attached hydrogens (tertiary/aromatic N) is 3. The lowest BCUT2D eigenvalue weighted by Gasteiger charge is -2.25. The first-order chi connectivity index (χ1) is 9.86. The van der Waals surface area contributed by atoms with Crippen molar-refractivity contribution in [1.29, 1.82) is 5.26 Å².